The van der Waals surface area contributed by atoms with E-state index in [1.807, 2.05) is 25.9 Å². The maximum Gasteiger partial charge on any atom is 0.156 e. The predicted molar refractivity (Wildman–Crippen MR) is 85.4 cm³/mol. The van der Waals surface area contributed by atoms with E-state index >= 15 is 0 Å². The highest BCUT2D eigenvalue weighted by atomic mass is 32.2. The number of Topliss-reactive ketones (excluding diaryl/α,β-unsaturated/α-hetero) is 1. The Labute approximate surface area is 127 Å². The van der Waals surface area contributed by atoms with Gasteiger partial charge in [0.1, 0.15) is 0 Å². The van der Waals surface area contributed by atoms with Crippen molar-refractivity contribution < 1.29 is 9.53 Å². The molecule has 0 aliphatic carbocycles. The fourth-order valence-electron chi connectivity index (χ4n) is 3.95. The molecule has 2 unspecified atom stereocenters. The highest BCUT2D eigenvalue weighted by molar-refractivity contribution is 7.99. The summed E-state index contributed by atoms with van der Waals surface area (Å²) in [5.41, 5.74) is -0.280. The van der Waals surface area contributed by atoms with Crippen molar-refractivity contribution in [2.45, 2.75) is 57.1 Å². The van der Waals surface area contributed by atoms with E-state index < -0.39 is 0 Å². The molecule has 1 spiro atoms. The smallest absolute Gasteiger partial charge is 0.156 e. The molecular weight excluding hydrogens is 270 g/mol. The second kappa shape index (κ2) is 6.37. The minimum Gasteiger partial charge on any atom is -0.374 e. The Bertz CT molecular complexity index is 346. The Hall–Kier alpha value is -0.0600. The van der Waals surface area contributed by atoms with E-state index in [1.165, 1.54) is 5.75 Å². The highest BCUT2D eigenvalue weighted by Gasteiger charge is 2.47. The number of likely N-dealkylation sites (N-methyl/N-ethyl adjacent to an activating group) is 1. The predicted octanol–water partition coefficient (Wildman–Crippen LogP) is 2.98. The van der Waals surface area contributed by atoms with Gasteiger partial charge in [0.25, 0.3) is 0 Å². The van der Waals surface area contributed by atoms with Crippen molar-refractivity contribution in [3.63, 3.8) is 0 Å². The standard InChI is InChI=1S/C16H29NO2S/c1-5-16(6-2,17(3)4)14(18)13-7-9-19-15(11-13)8-10-20-12-15/h13H,5-12H2,1-4H3. The van der Waals surface area contributed by atoms with E-state index in [2.05, 4.69) is 18.7 Å². The number of thioether (sulfide) groups is 1. The summed E-state index contributed by atoms with van der Waals surface area (Å²) in [7, 11) is 4.09. The second-order valence-electron chi connectivity index (χ2n) is 6.52. The minimum absolute atomic E-state index is 0.00276. The highest BCUT2D eigenvalue weighted by Crippen LogP contribution is 2.42. The summed E-state index contributed by atoms with van der Waals surface area (Å²) in [6.45, 7) is 5.04. The van der Waals surface area contributed by atoms with Gasteiger partial charge in [-0.05, 0) is 52.0 Å². The topological polar surface area (TPSA) is 29.5 Å². The van der Waals surface area contributed by atoms with Gasteiger partial charge in [0.2, 0.25) is 0 Å². The number of ketones is 1. The first-order valence-electron chi connectivity index (χ1n) is 7.93. The molecule has 0 aromatic carbocycles. The Balaban J connectivity index is 2.15. The third-order valence-corrected chi connectivity index (χ3v) is 6.64. The summed E-state index contributed by atoms with van der Waals surface area (Å²) in [5, 5.41) is 0. The van der Waals surface area contributed by atoms with Crippen LogP contribution in [0.1, 0.15) is 46.0 Å². The first kappa shape index (κ1) is 16.3. The van der Waals surface area contributed by atoms with Gasteiger partial charge >= 0.3 is 0 Å². The van der Waals surface area contributed by atoms with E-state index in [9.17, 15) is 4.79 Å². The van der Waals surface area contributed by atoms with Crippen LogP contribution in [0, 0.1) is 5.92 Å². The van der Waals surface area contributed by atoms with Crippen LogP contribution in [0.15, 0.2) is 0 Å². The zero-order chi connectivity index (χ0) is 14.8. The number of nitrogens with zero attached hydrogens (tertiary/aromatic N) is 1. The summed E-state index contributed by atoms with van der Waals surface area (Å²) >= 11 is 1.97. The maximum absolute atomic E-state index is 13.2. The lowest BCUT2D eigenvalue weighted by atomic mass is 9.74. The summed E-state index contributed by atoms with van der Waals surface area (Å²) in [6, 6.07) is 0. The Morgan fingerprint density at radius 3 is 2.60 bits per heavy atom. The molecule has 2 fully saturated rings. The average molecular weight is 299 g/mol. The van der Waals surface area contributed by atoms with Crippen molar-refractivity contribution in [3.8, 4) is 0 Å². The number of hydrogen-bond acceptors (Lipinski definition) is 4. The number of hydrogen-bond donors (Lipinski definition) is 0. The molecule has 2 saturated heterocycles. The van der Waals surface area contributed by atoms with E-state index in [1.54, 1.807) is 0 Å². The fraction of sp³-hybridized carbons (Fsp3) is 0.938. The van der Waals surface area contributed by atoms with Gasteiger partial charge in [-0.25, -0.2) is 0 Å². The van der Waals surface area contributed by atoms with Crippen LogP contribution in [0.25, 0.3) is 0 Å². The van der Waals surface area contributed by atoms with Crippen LogP contribution in [-0.4, -0.2) is 54.0 Å². The molecule has 4 heteroatoms. The lowest BCUT2D eigenvalue weighted by Gasteiger charge is -2.43. The molecule has 2 aliphatic heterocycles. The zero-order valence-corrected chi connectivity index (χ0v) is 14.2. The van der Waals surface area contributed by atoms with Gasteiger partial charge in [-0.15, -0.1) is 0 Å². The molecular formula is C16H29NO2S. The van der Waals surface area contributed by atoms with Gasteiger partial charge in [0.05, 0.1) is 11.1 Å². The van der Waals surface area contributed by atoms with Crippen LogP contribution < -0.4 is 0 Å². The second-order valence-corrected chi connectivity index (χ2v) is 7.63. The van der Waals surface area contributed by atoms with E-state index in [0.717, 1.165) is 44.5 Å². The number of ether oxygens (including phenoxy) is 1. The van der Waals surface area contributed by atoms with Crippen molar-refractivity contribution in [3.05, 3.63) is 0 Å². The summed E-state index contributed by atoms with van der Waals surface area (Å²) in [5.74, 6) is 2.89. The SMILES string of the molecule is CCC(CC)(C(=O)C1CCOC2(CCSC2)C1)N(C)C. The van der Waals surface area contributed by atoms with Gasteiger partial charge in [0, 0.05) is 18.3 Å². The van der Waals surface area contributed by atoms with Gasteiger partial charge in [0.15, 0.2) is 5.78 Å². The molecule has 2 rings (SSSR count). The largest absolute Gasteiger partial charge is 0.374 e. The number of rotatable bonds is 5. The normalized spacial score (nSPS) is 31.1. The molecule has 0 N–H and O–H groups in total. The molecule has 2 heterocycles. The van der Waals surface area contributed by atoms with E-state index in [4.69, 9.17) is 4.74 Å². The molecule has 2 atom stereocenters. The Kier molecular flexibility index (Phi) is 5.19. The van der Waals surface area contributed by atoms with E-state index in [0.29, 0.717) is 5.78 Å². The molecule has 20 heavy (non-hydrogen) atoms. The van der Waals surface area contributed by atoms with Gasteiger partial charge in [-0.2, -0.15) is 11.8 Å². The summed E-state index contributed by atoms with van der Waals surface area (Å²) < 4.78 is 6.06. The molecule has 0 aromatic rings. The van der Waals surface area contributed by atoms with Crippen molar-refractivity contribution in [2.75, 3.05) is 32.2 Å². The molecule has 2 aliphatic rings. The molecule has 0 aromatic heterocycles. The van der Waals surface area contributed by atoms with Gasteiger partial charge < -0.3 is 4.74 Å². The molecule has 0 bridgehead atoms. The van der Waals surface area contributed by atoms with Crippen LogP contribution >= 0.6 is 11.8 Å². The lowest BCUT2D eigenvalue weighted by Crippen LogP contribution is -2.55. The Morgan fingerprint density at radius 1 is 1.40 bits per heavy atom. The van der Waals surface area contributed by atoms with Gasteiger partial charge in [-0.1, -0.05) is 13.8 Å². The minimum atomic E-state index is -0.283. The van der Waals surface area contributed by atoms with Crippen LogP contribution in [-0.2, 0) is 9.53 Å². The quantitative estimate of drug-likeness (QED) is 0.780. The fourth-order valence-corrected chi connectivity index (χ4v) is 5.32. The monoisotopic (exact) mass is 299 g/mol. The van der Waals surface area contributed by atoms with Crippen LogP contribution in [0.3, 0.4) is 0 Å². The number of carbonyl (C=O) groups is 1. The zero-order valence-electron chi connectivity index (χ0n) is 13.4. The number of carbonyl (C=O) groups excluding carboxylic acids is 1. The van der Waals surface area contributed by atoms with Crippen molar-refractivity contribution in [1.82, 2.24) is 4.90 Å². The molecule has 0 saturated carbocycles. The third kappa shape index (κ3) is 2.79. The van der Waals surface area contributed by atoms with Gasteiger partial charge in [-0.3, -0.25) is 9.69 Å². The first-order valence-corrected chi connectivity index (χ1v) is 9.08. The van der Waals surface area contributed by atoms with Crippen LogP contribution in [0.5, 0.6) is 0 Å². The van der Waals surface area contributed by atoms with Crippen molar-refractivity contribution in [2.24, 2.45) is 5.92 Å². The third-order valence-electron chi connectivity index (χ3n) is 5.42. The van der Waals surface area contributed by atoms with E-state index in [-0.39, 0.29) is 17.1 Å². The summed E-state index contributed by atoms with van der Waals surface area (Å²) in [6.07, 6.45) is 4.76. The molecule has 0 radical (unpaired) electrons. The summed E-state index contributed by atoms with van der Waals surface area (Å²) in [4.78, 5) is 15.3. The molecule has 3 nitrogen and oxygen atoms in total. The van der Waals surface area contributed by atoms with Crippen molar-refractivity contribution in [1.29, 1.82) is 0 Å². The average Bonchev–Trinajstić information content (AvgIpc) is 2.88. The maximum atomic E-state index is 13.2. The molecule has 0 amide bonds. The van der Waals surface area contributed by atoms with Crippen LogP contribution in [0.2, 0.25) is 0 Å². The van der Waals surface area contributed by atoms with Crippen LogP contribution in [0.4, 0.5) is 0 Å². The first-order chi connectivity index (χ1) is 9.49. The molecule has 116 valence electrons. The van der Waals surface area contributed by atoms with Crippen molar-refractivity contribution >= 4 is 17.5 Å². The lowest BCUT2D eigenvalue weighted by molar-refractivity contribution is -0.145. The Morgan fingerprint density at radius 2 is 2.10 bits per heavy atom.